The fourth-order valence-electron chi connectivity index (χ4n) is 3.40. The van der Waals surface area contributed by atoms with Gasteiger partial charge in [0.1, 0.15) is 11.8 Å². The van der Waals surface area contributed by atoms with E-state index in [0.717, 1.165) is 29.8 Å². The van der Waals surface area contributed by atoms with Gasteiger partial charge in [-0.2, -0.15) is 0 Å². The smallest absolute Gasteiger partial charge is 0.182 e. The molecule has 4 rings (SSSR count). The maximum atomic E-state index is 6.32. The molecular formula is C12H14ClN5. The van der Waals surface area contributed by atoms with Crippen molar-refractivity contribution in [1.29, 1.82) is 0 Å². The molecule has 2 aromatic heterocycles. The minimum absolute atomic E-state index is 0.317. The van der Waals surface area contributed by atoms with Gasteiger partial charge in [-0.25, -0.2) is 15.0 Å². The second-order valence-electron chi connectivity index (χ2n) is 5.16. The first-order chi connectivity index (χ1) is 8.83. The number of aromatic nitrogens is 4. The molecule has 2 bridgehead atoms. The van der Waals surface area contributed by atoms with Crippen LogP contribution < -0.4 is 4.90 Å². The van der Waals surface area contributed by atoms with Crippen molar-refractivity contribution < 1.29 is 0 Å². The van der Waals surface area contributed by atoms with Crippen molar-refractivity contribution >= 4 is 28.6 Å². The average Bonchev–Trinajstić information content (AvgIpc) is 2.92. The molecular weight excluding hydrogens is 250 g/mol. The molecule has 0 saturated carbocycles. The zero-order valence-corrected chi connectivity index (χ0v) is 10.6. The van der Waals surface area contributed by atoms with Crippen LogP contribution in [0.15, 0.2) is 12.7 Å². The maximum absolute atomic E-state index is 6.32. The molecule has 94 valence electrons. The summed E-state index contributed by atoms with van der Waals surface area (Å²) in [6, 6.07) is 1.04. The first-order valence-electron chi connectivity index (χ1n) is 6.39. The molecule has 2 aliphatic heterocycles. The van der Waals surface area contributed by atoms with Gasteiger partial charge in [0.25, 0.3) is 0 Å². The van der Waals surface area contributed by atoms with E-state index in [9.17, 15) is 0 Å². The third-order valence-corrected chi connectivity index (χ3v) is 4.48. The lowest BCUT2D eigenvalue weighted by molar-refractivity contribution is 0.471. The molecule has 2 aromatic rings. The number of hydrogen-bond donors (Lipinski definition) is 1. The molecule has 4 heterocycles. The Morgan fingerprint density at radius 2 is 1.94 bits per heavy atom. The summed E-state index contributed by atoms with van der Waals surface area (Å²) < 4.78 is 0. The van der Waals surface area contributed by atoms with Gasteiger partial charge in [0, 0.05) is 17.5 Å². The summed E-state index contributed by atoms with van der Waals surface area (Å²) in [6.07, 6.45) is 7.82. The summed E-state index contributed by atoms with van der Waals surface area (Å²) in [5.41, 5.74) is 1.69. The Morgan fingerprint density at radius 3 is 2.72 bits per heavy atom. The molecule has 6 heteroatoms. The number of aromatic amines is 1. The highest BCUT2D eigenvalue weighted by atomic mass is 35.5. The molecule has 0 aromatic carbocycles. The van der Waals surface area contributed by atoms with Crippen molar-refractivity contribution in [3.8, 4) is 0 Å². The van der Waals surface area contributed by atoms with E-state index >= 15 is 0 Å². The van der Waals surface area contributed by atoms with Crippen LogP contribution in [0.3, 0.4) is 0 Å². The number of piperidine rings is 1. The van der Waals surface area contributed by atoms with Gasteiger partial charge in [-0.3, -0.25) is 0 Å². The number of imidazole rings is 1. The molecule has 2 unspecified atom stereocenters. The predicted molar refractivity (Wildman–Crippen MR) is 69.8 cm³/mol. The van der Waals surface area contributed by atoms with E-state index in [4.69, 9.17) is 11.6 Å². The number of hydrogen-bond acceptors (Lipinski definition) is 4. The van der Waals surface area contributed by atoms with Crippen LogP contribution in [0.2, 0.25) is 0 Å². The fourth-order valence-corrected chi connectivity index (χ4v) is 3.82. The molecule has 18 heavy (non-hydrogen) atoms. The van der Waals surface area contributed by atoms with Gasteiger partial charge in [0.05, 0.1) is 6.33 Å². The molecule has 0 spiro atoms. The number of nitrogens with zero attached hydrogens (tertiary/aromatic N) is 4. The molecule has 5 nitrogen and oxygen atoms in total. The van der Waals surface area contributed by atoms with Crippen LogP contribution in [0, 0.1) is 0 Å². The Balaban J connectivity index is 1.81. The van der Waals surface area contributed by atoms with Crippen LogP contribution in [0.4, 0.5) is 5.82 Å². The first-order valence-corrected chi connectivity index (χ1v) is 6.83. The highest BCUT2D eigenvalue weighted by molar-refractivity contribution is 6.20. The molecule has 2 fully saturated rings. The van der Waals surface area contributed by atoms with Crippen LogP contribution in [-0.4, -0.2) is 37.4 Å². The summed E-state index contributed by atoms with van der Waals surface area (Å²) in [7, 11) is 0. The van der Waals surface area contributed by atoms with Gasteiger partial charge in [0.15, 0.2) is 11.5 Å². The summed E-state index contributed by atoms with van der Waals surface area (Å²) in [5, 5.41) is 0.317. The van der Waals surface area contributed by atoms with Gasteiger partial charge in [0.2, 0.25) is 0 Å². The SMILES string of the molecule is ClC1CC2CCC(C1)N2c1ncnc2nc[nH]c12. The van der Waals surface area contributed by atoms with E-state index in [2.05, 4.69) is 24.8 Å². The number of rotatable bonds is 1. The summed E-state index contributed by atoms with van der Waals surface area (Å²) in [4.78, 5) is 18.4. The lowest BCUT2D eigenvalue weighted by Crippen LogP contribution is -2.44. The van der Waals surface area contributed by atoms with Crippen LogP contribution in [0.1, 0.15) is 25.7 Å². The zero-order chi connectivity index (χ0) is 12.1. The van der Waals surface area contributed by atoms with E-state index in [1.165, 1.54) is 12.8 Å². The van der Waals surface area contributed by atoms with E-state index in [0.29, 0.717) is 17.5 Å². The minimum Gasteiger partial charge on any atom is -0.349 e. The molecule has 0 aliphatic carbocycles. The summed E-state index contributed by atoms with van der Waals surface area (Å²) in [6.45, 7) is 0. The zero-order valence-electron chi connectivity index (χ0n) is 9.88. The second kappa shape index (κ2) is 3.82. The van der Waals surface area contributed by atoms with Gasteiger partial charge in [-0.05, 0) is 25.7 Å². The quantitative estimate of drug-likeness (QED) is 0.801. The van der Waals surface area contributed by atoms with Crippen LogP contribution in [0.5, 0.6) is 0 Å². The molecule has 2 saturated heterocycles. The lowest BCUT2D eigenvalue weighted by Gasteiger charge is -2.37. The maximum Gasteiger partial charge on any atom is 0.182 e. The molecule has 2 aliphatic rings. The lowest BCUT2D eigenvalue weighted by atomic mass is 10.0. The average molecular weight is 264 g/mol. The van der Waals surface area contributed by atoms with Crippen LogP contribution >= 0.6 is 11.6 Å². The highest BCUT2D eigenvalue weighted by Crippen LogP contribution is 2.41. The van der Waals surface area contributed by atoms with E-state index < -0.39 is 0 Å². The number of fused-ring (bicyclic) bond motifs is 3. The minimum atomic E-state index is 0.317. The van der Waals surface area contributed by atoms with Crippen molar-refractivity contribution in [3.63, 3.8) is 0 Å². The van der Waals surface area contributed by atoms with Crippen LogP contribution in [0.25, 0.3) is 11.2 Å². The van der Waals surface area contributed by atoms with Gasteiger partial charge in [-0.15, -0.1) is 11.6 Å². The van der Waals surface area contributed by atoms with Crippen molar-refractivity contribution in [2.75, 3.05) is 4.90 Å². The third-order valence-electron chi connectivity index (χ3n) is 4.12. The Kier molecular flexibility index (Phi) is 2.24. The van der Waals surface area contributed by atoms with Gasteiger partial charge in [-0.1, -0.05) is 0 Å². The first kappa shape index (κ1) is 10.6. The Bertz CT molecular complexity index is 569. The van der Waals surface area contributed by atoms with Gasteiger partial charge < -0.3 is 9.88 Å². The molecule has 0 amide bonds. The van der Waals surface area contributed by atoms with E-state index in [1.807, 2.05) is 0 Å². The number of halogens is 1. The Morgan fingerprint density at radius 1 is 1.17 bits per heavy atom. The van der Waals surface area contributed by atoms with Gasteiger partial charge >= 0.3 is 0 Å². The number of anilines is 1. The van der Waals surface area contributed by atoms with E-state index in [1.54, 1.807) is 12.7 Å². The molecule has 1 N–H and O–H groups in total. The number of H-pyrrole nitrogens is 1. The topological polar surface area (TPSA) is 57.7 Å². The third kappa shape index (κ3) is 1.43. The Hall–Kier alpha value is -1.36. The summed E-state index contributed by atoms with van der Waals surface area (Å²) in [5.74, 6) is 0.994. The summed E-state index contributed by atoms with van der Waals surface area (Å²) >= 11 is 6.32. The fraction of sp³-hybridized carbons (Fsp3) is 0.583. The highest BCUT2D eigenvalue weighted by Gasteiger charge is 2.41. The number of nitrogens with one attached hydrogen (secondary N) is 1. The van der Waals surface area contributed by atoms with Crippen molar-refractivity contribution in [2.45, 2.75) is 43.1 Å². The van der Waals surface area contributed by atoms with Crippen molar-refractivity contribution in [1.82, 2.24) is 19.9 Å². The normalized spacial score (nSPS) is 31.2. The molecule has 0 radical (unpaired) electrons. The van der Waals surface area contributed by atoms with E-state index in [-0.39, 0.29) is 0 Å². The van der Waals surface area contributed by atoms with Crippen molar-refractivity contribution in [2.24, 2.45) is 0 Å². The standard InChI is InChI=1S/C12H14ClN5/c13-7-3-8-1-2-9(4-7)18(8)12-10-11(15-5-14-10)16-6-17-12/h5-9H,1-4H2,(H,14,15,16,17). The Labute approximate surface area is 110 Å². The second-order valence-corrected chi connectivity index (χ2v) is 5.78. The molecule has 2 atom stereocenters. The monoisotopic (exact) mass is 263 g/mol. The largest absolute Gasteiger partial charge is 0.349 e. The number of alkyl halides is 1. The predicted octanol–water partition coefficient (Wildman–Crippen LogP) is 2.09. The van der Waals surface area contributed by atoms with Crippen molar-refractivity contribution in [3.05, 3.63) is 12.7 Å². The van der Waals surface area contributed by atoms with Crippen LogP contribution in [-0.2, 0) is 0 Å².